The largest absolute Gasteiger partial charge is 0.573 e. The number of piperidine rings is 1. The molecular formula is C19H26F3NO4. The normalized spacial score (nSPS) is 18.1. The molecule has 1 amide bonds. The highest BCUT2D eigenvalue weighted by Gasteiger charge is 2.31. The first kappa shape index (κ1) is 21.2. The molecule has 0 bridgehead atoms. The number of ether oxygens (including phenoxy) is 3. The van der Waals surface area contributed by atoms with Crippen molar-refractivity contribution in [2.75, 3.05) is 13.2 Å². The summed E-state index contributed by atoms with van der Waals surface area (Å²) in [6.07, 6.45) is -1.55. The maximum atomic E-state index is 12.4. The van der Waals surface area contributed by atoms with Gasteiger partial charge in [0.25, 0.3) is 0 Å². The van der Waals surface area contributed by atoms with Crippen LogP contribution in [-0.2, 0) is 4.74 Å². The van der Waals surface area contributed by atoms with Gasteiger partial charge in [-0.1, -0.05) is 0 Å². The van der Waals surface area contributed by atoms with Crippen molar-refractivity contribution in [1.29, 1.82) is 0 Å². The summed E-state index contributed by atoms with van der Waals surface area (Å²) < 4.78 is 51.4. The quantitative estimate of drug-likeness (QED) is 0.699. The standard InChI is InChI=1S/C19H26F3NO4/c1-18(2,3)27-17(24)23-12-5-4-6-14(23)11-13-25-15-7-9-16(10-8-15)26-19(20,21)22/h7-10,14H,4-6,11-13H2,1-3H3. The molecule has 1 aromatic carbocycles. The van der Waals surface area contributed by atoms with E-state index in [9.17, 15) is 18.0 Å². The molecule has 0 spiro atoms. The lowest BCUT2D eigenvalue weighted by atomic mass is 10.0. The second-order valence-corrected chi connectivity index (χ2v) is 7.48. The Morgan fingerprint density at radius 2 is 1.74 bits per heavy atom. The maximum absolute atomic E-state index is 12.4. The molecule has 1 aliphatic rings. The van der Waals surface area contributed by atoms with Crippen molar-refractivity contribution in [2.24, 2.45) is 0 Å². The second kappa shape index (κ2) is 8.71. The summed E-state index contributed by atoms with van der Waals surface area (Å²) in [7, 11) is 0. The monoisotopic (exact) mass is 389 g/mol. The summed E-state index contributed by atoms with van der Waals surface area (Å²) in [5.74, 6) is 0.155. The van der Waals surface area contributed by atoms with Crippen molar-refractivity contribution in [1.82, 2.24) is 4.90 Å². The number of rotatable bonds is 5. The van der Waals surface area contributed by atoms with Crippen LogP contribution < -0.4 is 9.47 Å². The molecule has 1 unspecified atom stereocenters. The van der Waals surface area contributed by atoms with E-state index in [0.717, 1.165) is 19.3 Å². The molecule has 0 aliphatic carbocycles. The van der Waals surface area contributed by atoms with Gasteiger partial charge >= 0.3 is 12.5 Å². The van der Waals surface area contributed by atoms with Crippen LogP contribution in [0.25, 0.3) is 0 Å². The average molecular weight is 389 g/mol. The van der Waals surface area contributed by atoms with Gasteiger partial charge in [-0.05, 0) is 64.3 Å². The second-order valence-electron chi connectivity index (χ2n) is 7.48. The molecule has 5 nitrogen and oxygen atoms in total. The van der Waals surface area contributed by atoms with Gasteiger partial charge in [0.1, 0.15) is 17.1 Å². The fraction of sp³-hybridized carbons (Fsp3) is 0.632. The Labute approximate surface area is 157 Å². The van der Waals surface area contributed by atoms with E-state index in [1.807, 2.05) is 20.8 Å². The highest BCUT2D eigenvalue weighted by Crippen LogP contribution is 2.26. The molecule has 1 aliphatic heterocycles. The minimum absolute atomic E-state index is 0.0291. The molecule has 1 atom stereocenters. The molecule has 1 saturated heterocycles. The lowest BCUT2D eigenvalue weighted by Gasteiger charge is -2.36. The molecule has 27 heavy (non-hydrogen) atoms. The number of hydrogen-bond acceptors (Lipinski definition) is 4. The van der Waals surface area contributed by atoms with Gasteiger partial charge in [0.2, 0.25) is 0 Å². The number of carbonyl (C=O) groups excluding carboxylic acids is 1. The number of amides is 1. The van der Waals surface area contributed by atoms with Crippen LogP contribution in [0.3, 0.4) is 0 Å². The minimum Gasteiger partial charge on any atom is -0.494 e. The molecule has 0 N–H and O–H groups in total. The van der Waals surface area contributed by atoms with E-state index in [1.54, 1.807) is 4.90 Å². The lowest BCUT2D eigenvalue weighted by Crippen LogP contribution is -2.46. The van der Waals surface area contributed by atoms with Crippen LogP contribution in [0.15, 0.2) is 24.3 Å². The minimum atomic E-state index is -4.71. The van der Waals surface area contributed by atoms with E-state index in [4.69, 9.17) is 9.47 Å². The Morgan fingerprint density at radius 1 is 1.11 bits per heavy atom. The van der Waals surface area contributed by atoms with Crippen LogP contribution in [-0.4, -0.2) is 42.2 Å². The van der Waals surface area contributed by atoms with Crippen LogP contribution in [0.4, 0.5) is 18.0 Å². The van der Waals surface area contributed by atoms with Gasteiger partial charge in [0.05, 0.1) is 6.61 Å². The van der Waals surface area contributed by atoms with Crippen molar-refractivity contribution in [2.45, 2.75) is 64.5 Å². The summed E-state index contributed by atoms with van der Waals surface area (Å²) in [6, 6.07) is 5.29. The fourth-order valence-electron chi connectivity index (χ4n) is 2.91. The van der Waals surface area contributed by atoms with E-state index in [0.29, 0.717) is 25.3 Å². The first-order chi connectivity index (χ1) is 12.5. The first-order valence-corrected chi connectivity index (χ1v) is 9.02. The van der Waals surface area contributed by atoms with Crippen molar-refractivity contribution >= 4 is 6.09 Å². The number of likely N-dealkylation sites (tertiary alicyclic amines) is 1. The Hall–Kier alpha value is -2.12. The third-order valence-corrected chi connectivity index (χ3v) is 4.03. The SMILES string of the molecule is CC(C)(C)OC(=O)N1CCCCC1CCOc1ccc(OC(F)(F)F)cc1. The zero-order chi connectivity index (χ0) is 20.1. The Kier molecular flexibility index (Phi) is 6.84. The molecule has 152 valence electrons. The number of halogens is 3. The number of benzene rings is 1. The average Bonchev–Trinajstić information content (AvgIpc) is 2.54. The van der Waals surface area contributed by atoms with Gasteiger partial charge in [-0.25, -0.2) is 4.79 Å². The summed E-state index contributed by atoms with van der Waals surface area (Å²) in [6.45, 7) is 6.50. The summed E-state index contributed by atoms with van der Waals surface area (Å²) in [4.78, 5) is 14.1. The predicted molar refractivity (Wildman–Crippen MR) is 93.8 cm³/mol. The van der Waals surface area contributed by atoms with Crippen molar-refractivity contribution < 1.29 is 32.2 Å². The van der Waals surface area contributed by atoms with Crippen LogP contribution in [0.2, 0.25) is 0 Å². The smallest absolute Gasteiger partial charge is 0.494 e. The molecule has 1 aromatic rings. The van der Waals surface area contributed by atoms with E-state index in [-0.39, 0.29) is 17.9 Å². The molecule has 1 fully saturated rings. The molecule has 0 radical (unpaired) electrons. The predicted octanol–water partition coefficient (Wildman–Crippen LogP) is 5.14. The number of carbonyl (C=O) groups is 1. The maximum Gasteiger partial charge on any atom is 0.573 e. The number of nitrogens with zero attached hydrogens (tertiary/aromatic N) is 1. The van der Waals surface area contributed by atoms with Gasteiger partial charge in [-0.2, -0.15) is 0 Å². The van der Waals surface area contributed by atoms with Gasteiger partial charge in [0.15, 0.2) is 0 Å². The lowest BCUT2D eigenvalue weighted by molar-refractivity contribution is -0.274. The Balaban J connectivity index is 1.84. The Bertz CT molecular complexity index is 611. The van der Waals surface area contributed by atoms with Crippen LogP contribution in [0.5, 0.6) is 11.5 Å². The highest BCUT2D eigenvalue weighted by molar-refractivity contribution is 5.68. The van der Waals surface area contributed by atoms with E-state index in [1.165, 1.54) is 24.3 Å². The van der Waals surface area contributed by atoms with Crippen LogP contribution in [0, 0.1) is 0 Å². The van der Waals surface area contributed by atoms with E-state index >= 15 is 0 Å². The van der Waals surface area contributed by atoms with Gasteiger partial charge < -0.3 is 19.1 Å². The van der Waals surface area contributed by atoms with Crippen molar-refractivity contribution in [3.63, 3.8) is 0 Å². The van der Waals surface area contributed by atoms with Crippen LogP contribution in [0.1, 0.15) is 46.5 Å². The zero-order valence-electron chi connectivity index (χ0n) is 15.8. The first-order valence-electron chi connectivity index (χ1n) is 9.02. The van der Waals surface area contributed by atoms with Crippen molar-refractivity contribution in [3.8, 4) is 11.5 Å². The fourth-order valence-corrected chi connectivity index (χ4v) is 2.91. The third-order valence-electron chi connectivity index (χ3n) is 4.03. The number of alkyl halides is 3. The molecule has 0 aromatic heterocycles. The van der Waals surface area contributed by atoms with Gasteiger partial charge in [-0.3, -0.25) is 0 Å². The molecule has 1 heterocycles. The van der Waals surface area contributed by atoms with Gasteiger partial charge in [0, 0.05) is 19.0 Å². The molecule has 2 rings (SSSR count). The summed E-state index contributed by atoms with van der Waals surface area (Å²) >= 11 is 0. The molecule has 0 saturated carbocycles. The molecule has 8 heteroatoms. The third kappa shape index (κ3) is 7.56. The summed E-state index contributed by atoms with van der Waals surface area (Å²) in [5.41, 5.74) is -0.546. The van der Waals surface area contributed by atoms with Crippen LogP contribution >= 0.6 is 0 Å². The molecular weight excluding hydrogens is 363 g/mol. The Morgan fingerprint density at radius 3 is 2.33 bits per heavy atom. The topological polar surface area (TPSA) is 48.0 Å². The van der Waals surface area contributed by atoms with E-state index < -0.39 is 12.0 Å². The summed E-state index contributed by atoms with van der Waals surface area (Å²) in [5, 5.41) is 0. The highest BCUT2D eigenvalue weighted by atomic mass is 19.4. The van der Waals surface area contributed by atoms with E-state index in [2.05, 4.69) is 4.74 Å². The number of hydrogen-bond donors (Lipinski definition) is 0. The zero-order valence-corrected chi connectivity index (χ0v) is 15.8. The van der Waals surface area contributed by atoms with Crippen molar-refractivity contribution in [3.05, 3.63) is 24.3 Å². The van der Waals surface area contributed by atoms with Gasteiger partial charge in [-0.15, -0.1) is 13.2 Å².